The standard InChI is InChI=1S/C18H23BrN2O3.ClH/c1-12(2)18(3,11-20)21-17(22)16-8-7-15(24-16)10-23-14-6-4-5-13(19)9-14;/h4-9,12H,10-11,20H2,1-3H3,(H,21,22);1H. The molecule has 1 aromatic heterocycles. The highest BCUT2D eigenvalue weighted by Crippen LogP contribution is 2.20. The number of rotatable bonds is 7. The summed E-state index contributed by atoms with van der Waals surface area (Å²) in [7, 11) is 0. The van der Waals surface area contributed by atoms with Crippen LogP contribution < -0.4 is 15.8 Å². The van der Waals surface area contributed by atoms with Crippen LogP contribution in [-0.4, -0.2) is 18.0 Å². The number of hydrogen-bond acceptors (Lipinski definition) is 4. The Morgan fingerprint density at radius 2 is 2.08 bits per heavy atom. The second-order valence-electron chi connectivity index (χ2n) is 6.24. The number of benzene rings is 1. The van der Waals surface area contributed by atoms with Gasteiger partial charge in [0.25, 0.3) is 5.91 Å². The molecule has 0 saturated carbocycles. The van der Waals surface area contributed by atoms with Crippen molar-refractivity contribution in [3.63, 3.8) is 0 Å². The first-order valence-electron chi connectivity index (χ1n) is 7.83. The maximum Gasteiger partial charge on any atom is 0.287 e. The fourth-order valence-electron chi connectivity index (χ4n) is 2.04. The van der Waals surface area contributed by atoms with E-state index in [-0.39, 0.29) is 36.6 Å². The topological polar surface area (TPSA) is 77.5 Å². The second kappa shape index (κ2) is 9.27. The molecular formula is C18H24BrClN2O3. The van der Waals surface area contributed by atoms with E-state index in [0.717, 1.165) is 10.2 Å². The Hall–Kier alpha value is -1.50. The molecule has 138 valence electrons. The maximum atomic E-state index is 12.3. The summed E-state index contributed by atoms with van der Waals surface area (Å²) in [6, 6.07) is 10.9. The number of halogens is 2. The van der Waals surface area contributed by atoms with Crippen LogP contribution in [0.4, 0.5) is 0 Å². The minimum absolute atomic E-state index is 0. The smallest absolute Gasteiger partial charge is 0.287 e. The van der Waals surface area contributed by atoms with Gasteiger partial charge in [0.05, 0.1) is 5.54 Å². The van der Waals surface area contributed by atoms with Crippen LogP contribution in [-0.2, 0) is 6.61 Å². The van der Waals surface area contributed by atoms with Gasteiger partial charge in [0.2, 0.25) is 0 Å². The van der Waals surface area contributed by atoms with Crippen molar-refractivity contribution < 1.29 is 13.9 Å². The Bertz CT molecular complexity index is 705. The Balaban J connectivity index is 0.00000312. The van der Waals surface area contributed by atoms with Crippen molar-refractivity contribution in [2.24, 2.45) is 11.7 Å². The quantitative estimate of drug-likeness (QED) is 0.690. The molecule has 1 aromatic carbocycles. The molecule has 2 aromatic rings. The van der Waals surface area contributed by atoms with Crippen LogP contribution in [0.15, 0.2) is 45.3 Å². The van der Waals surface area contributed by atoms with Crippen molar-refractivity contribution in [1.29, 1.82) is 0 Å². The Morgan fingerprint density at radius 3 is 2.68 bits per heavy atom. The van der Waals surface area contributed by atoms with Crippen LogP contribution in [0.3, 0.4) is 0 Å². The summed E-state index contributed by atoms with van der Waals surface area (Å²) in [5.74, 6) is 1.50. The van der Waals surface area contributed by atoms with Crippen LogP contribution in [0.5, 0.6) is 5.75 Å². The van der Waals surface area contributed by atoms with Gasteiger partial charge < -0.3 is 20.2 Å². The van der Waals surface area contributed by atoms with E-state index in [1.807, 2.05) is 45.0 Å². The van der Waals surface area contributed by atoms with Crippen molar-refractivity contribution in [2.75, 3.05) is 6.54 Å². The molecule has 0 aliphatic heterocycles. The number of ether oxygens (including phenoxy) is 1. The second-order valence-corrected chi connectivity index (χ2v) is 7.16. The Labute approximate surface area is 162 Å². The lowest BCUT2D eigenvalue weighted by atomic mass is 9.88. The number of carbonyl (C=O) groups is 1. The minimum atomic E-state index is -0.475. The minimum Gasteiger partial charge on any atom is -0.486 e. The average molecular weight is 432 g/mol. The van der Waals surface area contributed by atoms with Crippen LogP contribution >= 0.6 is 28.3 Å². The van der Waals surface area contributed by atoms with Gasteiger partial charge in [-0.3, -0.25) is 4.79 Å². The van der Waals surface area contributed by atoms with E-state index in [4.69, 9.17) is 14.9 Å². The molecule has 0 aliphatic rings. The molecule has 0 aliphatic carbocycles. The molecule has 7 heteroatoms. The first-order chi connectivity index (χ1) is 11.3. The lowest BCUT2D eigenvalue weighted by molar-refractivity contribution is 0.0850. The van der Waals surface area contributed by atoms with E-state index in [0.29, 0.717) is 12.3 Å². The fourth-order valence-corrected chi connectivity index (χ4v) is 2.42. The molecule has 0 radical (unpaired) electrons. The molecule has 1 amide bonds. The van der Waals surface area contributed by atoms with Gasteiger partial charge in [-0.15, -0.1) is 12.4 Å². The molecule has 1 heterocycles. The summed E-state index contributed by atoms with van der Waals surface area (Å²) < 4.78 is 12.2. The first-order valence-corrected chi connectivity index (χ1v) is 8.63. The van der Waals surface area contributed by atoms with E-state index in [2.05, 4.69) is 21.2 Å². The third-order valence-electron chi connectivity index (χ3n) is 4.16. The van der Waals surface area contributed by atoms with Crippen LogP contribution in [0.2, 0.25) is 0 Å². The fraction of sp³-hybridized carbons (Fsp3) is 0.389. The van der Waals surface area contributed by atoms with E-state index in [9.17, 15) is 4.79 Å². The van der Waals surface area contributed by atoms with Gasteiger partial charge in [-0.1, -0.05) is 35.8 Å². The van der Waals surface area contributed by atoms with Gasteiger partial charge in [0.15, 0.2) is 5.76 Å². The number of carbonyl (C=O) groups excluding carboxylic acids is 1. The van der Waals surface area contributed by atoms with Gasteiger partial charge in [-0.05, 0) is 43.2 Å². The normalized spacial score (nSPS) is 13.0. The summed E-state index contributed by atoms with van der Waals surface area (Å²) in [5.41, 5.74) is 5.32. The molecule has 0 spiro atoms. The van der Waals surface area contributed by atoms with Crippen LogP contribution in [0, 0.1) is 5.92 Å². The zero-order chi connectivity index (χ0) is 17.7. The average Bonchev–Trinajstić information content (AvgIpc) is 3.02. The zero-order valence-corrected chi connectivity index (χ0v) is 16.9. The third-order valence-corrected chi connectivity index (χ3v) is 4.65. The summed E-state index contributed by atoms with van der Waals surface area (Å²) >= 11 is 3.39. The molecule has 0 saturated heterocycles. The van der Waals surface area contributed by atoms with E-state index in [1.165, 1.54) is 0 Å². The SMILES string of the molecule is CC(C)C(C)(CN)NC(=O)c1ccc(COc2cccc(Br)c2)o1.Cl. The molecule has 3 N–H and O–H groups in total. The molecule has 5 nitrogen and oxygen atoms in total. The van der Waals surface area contributed by atoms with Crippen molar-refractivity contribution >= 4 is 34.2 Å². The molecule has 1 unspecified atom stereocenters. The lowest BCUT2D eigenvalue weighted by Crippen LogP contribution is -2.54. The van der Waals surface area contributed by atoms with Crippen LogP contribution in [0.1, 0.15) is 37.1 Å². The largest absolute Gasteiger partial charge is 0.486 e. The van der Waals surface area contributed by atoms with Gasteiger partial charge in [-0.25, -0.2) is 0 Å². The number of nitrogens with two attached hydrogens (primary N) is 1. The predicted molar refractivity (Wildman–Crippen MR) is 104 cm³/mol. The van der Waals surface area contributed by atoms with Gasteiger partial charge in [0.1, 0.15) is 18.1 Å². The van der Waals surface area contributed by atoms with Gasteiger partial charge in [0, 0.05) is 11.0 Å². The van der Waals surface area contributed by atoms with Crippen molar-refractivity contribution in [1.82, 2.24) is 5.32 Å². The number of amides is 1. The van der Waals surface area contributed by atoms with Gasteiger partial charge >= 0.3 is 0 Å². The van der Waals surface area contributed by atoms with Crippen LogP contribution in [0.25, 0.3) is 0 Å². The molecule has 25 heavy (non-hydrogen) atoms. The lowest BCUT2D eigenvalue weighted by Gasteiger charge is -2.33. The number of furan rings is 1. The van der Waals surface area contributed by atoms with Crippen molar-refractivity contribution in [3.05, 3.63) is 52.4 Å². The first kappa shape index (κ1) is 21.5. The summed E-state index contributed by atoms with van der Waals surface area (Å²) in [5, 5.41) is 2.95. The summed E-state index contributed by atoms with van der Waals surface area (Å²) in [4.78, 5) is 12.3. The Morgan fingerprint density at radius 1 is 1.36 bits per heavy atom. The highest BCUT2D eigenvalue weighted by Gasteiger charge is 2.29. The summed E-state index contributed by atoms with van der Waals surface area (Å²) in [6.45, 7) is 6.58. The maximum absolute atomic E-state index is 12.3. The highest BCUT2D eigenvalue weighted by atomic mass is 79.9. The highest BCUT2D eigenvalue weighted by molar-refractivity contribution is 9.10. The molecule has 2 rings (SSSR count). The zero-order valence-electron chi connectivity index (χ0n) is 14.5. The molecule has 0 fully saturated rings. The number of hydrogen-bond donors (Lipinski definition) is 2. The summed E-state index contributed by atoms with van der Waals surface area (Å²) in [6.07, 6.45) is 0. The monoisotopic (exact) mass is 430 g/mol. The predicted octanol–water partition coefficient (Wildman–Crippen LogP) is 4.15. The van der Waals surface area contributed by atoms with Crippen molar-refractivity contribution in [2.45, 2.75) is 32.9 Å². The van der Waals surface area contributed by atoms with E-state index in [1.54, 1.807) is 12.1 Å². The third kappa shape index (κ3) is 5.76. The van der Waals surface area contributed by atoms with E-state index < -0.39 is 5.54 Å². The van der Waals surface area contributed by atoms with E-state index >= 15 is 0 Å². The number of nitrogens with one attached hydrogen (secondary N) is 1. The molecule has 1 atom stereocenters. The van der Waals surface area contributed by atoms with Crippen molar-refractivity contribution in [3.8, 4) is 5.75 Å². The Kier molecular flexibility index (Phi) is 7.99. The molecular weight excluding hydrogens is 408 g/mol. The van der Waals surface area contributed by atoms with Gasteiger partial charge in [-0.2, -0.15) is 0 Å². The molecule has 0 bridgehead atoms.